The van der Waals surface area contributed by atoms with Gasteiger partial charge in [0.1, 0.15) is 0 Å². The molecule has 0 unspecified atom stereocenters. The van der Waals surface area contributed by atoms with Crippen molar-refractivity contribution in [3.8, 4) is 22.9 Å². The van der Waals surface area contributed by atoms with Gasteiger partial charge in [0.15, 0.2) is 11.6 Å². The molecule has 0 amide bonds. The van der Waals surface area contributed by atoms with Crippen molar-refractivity contribution in [1.29, 1.82) is 0 Å². The van der Waals surface area contributed by atoms with Gasteiger partial charge in [0.25, 0.3) is 0 Å². The number of hydrogen-bond acceptors (Lipinski definition) is 8. The van der Waals surface area contributed by atoms with Gasteiger partial charge in [-0.2, -0.15) is 4.39 Å². The standard InChI is InChI=1S/C28H28F2N6O3S/c1-36-16-6-9-19(17-36)33-28-32-15-13-22(34-28)20-10-5-14-31-27(20)39-23-12-11-21(24(29)25(23)30)26(35-40(37)38)18-7-3-2-4-8-18/h2-5,7-8,10-15,19,26,40H,6,9,16-17H2,1H3,(H,32,33,34)(H,35,37,38)/t19-,26-/m0/s1. The summed E-state index contributed by atoms with van der Waals surface area (Å²) in [6.45, 7) is 1.93. The van der Waals surface area contributed by atoms with E-state index < -0.39 is 34.3 Å². The summed E-state index contributed by atoms with van der Waals surface area (Å²) in [7, 11) is -1.03. The van der Waals surface area contributed by atoms with Crippen LogP contribution in [0, 0.1) is 11.6 Å². The van der Waals surface area contributed by atoms with Crippen molar-refractivity contribution >= 4 is 16.8 Å². The minimum absolute atomic E-state index is 0.0240. The van der Waals surface area contributed by atoms with Gasteiger partial charge in [-0.05, 0) is 56.3 Å². The zero-order chi connectivity index (χ0) is 28.1. The predicted octanol–water partition coefficient (Wildman–Crippen LogP) is 4.32. The first-order chi connectivity index (χ1) is 19.4. The lowest BCUT2D eigenvalue weighted by Crippen LogP contribution is -2.40. The maximum Gasteiger partial charge on any atom is 0.228 e. The van der Waals surface area contributed by atoms with Gasteiger partial charge in [-0.1, -0.05) is 36.4 Å². The summed E-state index contributed by atoms with van der Waals surface area (Å²) >= 11 is 0. The minimum Gasteiger partial charge on any atom is -0.435 e. The zero-order valence-corrected chi connectivity index (χ0v) is 22.5. The second-order valence-electron chi connectivity index (χ2n) is 9.48. The molecule has 2 N–H and O–H groups in total. The first-order valence-corrected chi connectivity index (χ1v) is 13.9. The normalized spacial score (nSPS) is 16.6. The Balaban J connectivity index is 1.42. The van der Waals surface area contributed by atoms with E-state index in [0.29, 0.717) is 22.8 Å². The fourth-order valence-corrected chi connectivity index (χ4v) is 5.24. The van der Waals surface area contributed by atoms with Gasteiger partial charge < -0.3 is 15.0 Å². The Morgan fingerprint density at radius 2 is 1.82 bits per heavy atom. The quantitative estimate of drug-likeness (QED) is 0.257. The molecule has 2 atom stereocenters. The molecule has 12 heteroatoms. The number of nitrogens with zero attached hydrogens (tertiary/aromatic N) is 4. The molecule has 3 heterocycles. The van der Waals surface area contributed by atoms with Crippen molar-refractivity contribution in [3.05, 3.63) is 95.8 Å². The monoisotopic (exact) mass is 566 g/mol. The summed E-state index contributed by atoms with van der Waals surface area (Å²) in [6, 6.07) is 15.0. The number of thiol groups is 1. The van der Waals surface area contributed by atoms with Crippen LogP contribution in [0.15, 0.2) is 73.1 Å². The molecule has 5 rings (SSSR count). The summed E-state index contributed by atoms with van der Waals surface area (Å²) in [5, 5.41) is 3.37. The van der Waals surface area contributed by atoms with E-state index in [0.717, 1.165) is 25.9 Å². The molecule has 0 aliphatic carbocycles. The molecule has 2 aromatic carbocycles. The Kier molecular flexibility index (Phi) is 8.58. The molecule has 1 saturated heterocycles. The number of aromatic nitrogens is 3. The highest BCUT2D eigenvalue weighted by Crippen LogP contribution is 2.35. The minimum atomic E-state index is -3.10. The van der Waals surface area contributed by atoms with Crippen LogP contribution in [0.2, 0.25) is 0 Å². The molecule has 4 aromatic rings. The third-order valence-electron chi connectivity index (χ3n) is 6.62. The van der Waals surface area contributed by atoms with Crippen LogP contribution in [0.3, 0.4) is 0 Å². The second-order valence-corrected chi connectivity index (χ2v) is 10.3. The molecule has 1 fully saturated rings. The average molecular weight is 567 g/mol. The molecule has 1 aliphatic rings. The third-order valence-corrected chi connectivity index (χ3v) is 7.09. The van der Waals surface area contributed by atoms with Crippen molar-refractivity contribution < 1.29 is 21.9 Å². The molecule has 1 aliphatic heterocycles. The lowest BCUT2D eigenvalue weighted by atomic mass is 9.99. The zero-order valence-electron chi connectivity index (χ0n) is 21.6. The number of anilines is 1. The van der Waals surface area contributed by atoms with E-state index in [-0.39, 0.29) is 17.5 Å². The van der Waals surface area contributed by atoms with Crippen molar-refractivity contribution in [2.24, 2.45) is 0 Å². The molecule has 0 saturated carbocycles. The van der Waals surface area contributed by atoms with E-state index in [2.05, 4.69) is 36.9 Å². The Hall–Kier alpha value is -4.00. The molecule has 9 nitrogen and oxygen atoms in total. The van der Waals surface area contributed by atoms with Gasteiger partial charge in [-0.3, -0.25) is 0 Å². The van der Waals surface area contributed by atoms with Gasteiger partial charge >= 0.3 is 0 Å². The van der Waals surface area contributed by atoms with Crippen LogP contribution < -0.4 is 14.8 Å². The van der Waals surface area contributed by atoms with Gasteiger partial charge in [-0.25, -0.2) is 32.5 Å². The number of hydrogen-bond donors (Lipinski definition) is 3. The smallest absolute Gasteiger partial charge is 0.228 e. The number of ether oxygens (including phenoxy) is 1. The van der Waals surface area contributed by atoms with E-state index >= 15 is 8.78 Å². The molecule has 208 valence electrons. The summed E-state index contributed by atoms with van der Waals surface area (Å²) in [5.74, 6) is -2.44. The summed E-state index contributed by atoms with van der Waals surface area (Å²) < 4.78 is 61.6. The molecular weight excluding hydrogens is 538 g/mol. The van der Waals surface area contributed by atoms with Crippen molar-refractivity contribution in [1.82, 2.24) is 24.6 Å². The first kappa shape index (κ1) is 27.6. The number of likely N-dealkylation sites (tertiary alicyclic amines) is 1. The summed E-state index contributed by atoms with van der Waals surface area (Å²) in [5.41, 5.74) is 1.23. The number of rotatable bonds is 9. The predicted molar refractivity (Wildman–Crippen MR) is 148 cm³/mol. The highest BCUT2D eigenvalue weighted by Gasteiger charge is 2.24. The fraction of sp³-hybridized carbons (Fsp3) is 0.250. The molecular formula is C28H28F2N6O3S. The number of halogens is 2. The number of benzene rings is 2. The second kappa shape index (κ2) is 12.5. The molecule has 40 heavy (non-hydrogen) atoms. The van der Waals surface area contributed by atoms with Crippen LogP contribution in [0.1, 0.15) is 30.0 Å². The topological polar surface area (TPSA) is 109 Å². The van der Waals surface area contributed by atoms with E-state index in [9.17, 15) is 8.42 Å². The van der Waals surface area contributed by atoms with Crippen molar-refractivity contribution in [3.63, 3.8) is 0 Å². The molecule has 0 radical (unpaired) electrons. The number of likely N-dealkylation sites (N-methyl/N-ethyl adjacent to an activating group) is 1. The largest absolute Gasteiger partial charge is 0.435 e. The molecule has 0 bridgehead atoms. The van der Waals surface area contributed by atoms with E-state index in [1.54, 1.807) is 54.7 Å². The lowest BCUT2D eigenvalue weighted by Gasteiger charge is -2.30. The van der Waals surface area contributed by atoms with Gasteiger partial charge in [0.2, 0.25) is 28.5 Å². The highest BCUT2D eigenvalue weighted by atomic mass is 32.2. The van der Waals surface area contributed by atoms with Crippen LogP contribution in [0.25, 0.3) is 11.3 Å². The summed E-state index contributed by atoms with van der Waals surface area (Å²) in [4.78, 5) is 15.4. The van der Waals surface area contributed by atoms with Crippen LogP contribution >= 0.6 is 0 Å². The Labute approximate surface area is 232 Å². The van der Waals surface area contributed by atoms with Gasteiger partial charge in [0.05, 0.1) is 17.3 Å². The fourth-order valence-electron chi connectivity index (χ4n) is 4.74. The Morgan fingerprint density at radius 3 is 2.60 bits per heavy atom. The molecule has 0 spiro atoms. The van der Waals surface area contributed by atoms with Gasteiger partial charge in [0, 0.05) is 30.5 Å². The summed E-state index contributed by atoms with van der Waals surface area (Å²) in [6.07, 6.45) is 5.17. The van der Waals surface area contributed by atoms with Crippen LogP contribution in [-0.4, -0.2) is 54.4 Å². The molecule has 2 aromatic heterocycles. The average Bonchev–Trinajstić information content (AvgIpc) is 2.95. The lowest BCUT2D eigenvalue weighted by molar-refractivity contribution is 0.260. The number of nitrogens with one attached hydrogen (secondary N) is 2. The first-order valence-electron chi connectivity index (χ1n) is 12.7. The van der Waals surface area contributed by atoms with Crippen molar-refractivity contribution in [2.45, 2.75) is 24.9 Å². The van der Waals surface area contributed by atoms with Crippen molar-refractivity contribution in [2.75, 3.05) is 25.5 Å². The number of piperidine rings is 1. The third kappa shape index (κ3) is 6.41. The van der Waals surface area contributed by atoms with E-state index in [1.807, 2.05) is 0 Å². The van der Waals surface area contributed by atoms with Crippen LogP contribution in [0.4, 0.5) is 14.7 Å². The van der Waals surface area contributed by atoms with E-state index in [4.69, 9.17) is 4.74 Å². The Bertz CT molecular complexity index is 1550. The SMILES string of the molecule is CN1CCC[C@H](Nc2nccc(-c3cccnc3Oc3ccc([C@@H](N[SH](=O)=O)c4ccccc4)c(F)c3F)n2)C1. The van der Waals surface area contributed by atoms with Gasteiger partial charge in [-0.15, -0.1) is 0 Å². The maximum absolute atomic E-state index is 15.3. The maximum atomic E-state index is 15.3. The number of pyridine rings is 1. The van der Waals surface area contributed by atoms with E-state index in [1.165, 1.54) is 18.3 Å². The highest BCUT2D eigenvalue weighted by molar-refractivity contribution is 7.70. The van der Waals surface area contributed by atoms with Crippen LogP contribution in [-0.2, 0) is 10.9 Å². The van der Waals surface area contributed by atoms with Crippen LogP contribution in [0.5, 0.6) is 11.6 Å². The Morgan fingerprint density at radius 1 is 1.00 bits per heavy atom.